The zero-order chi connectivity index (χ0) is 15.2. The zero-order valence-electron chi connectivity index (χ0n) is 13.2. The van der Waals surface area contributed by atoms with E-state index in [9.17, 15) is 4.79 Å². The Kier molecular flexibility index (Phi) is 5.43. The maximum absolute atomic E-state index is 12.8. The number of pyridine rings is 1. The number of hydrogen-bond acceptors (Lipinski definition) is 3. The summed E-state index contributed by atoms with van der Waals surface area (Å²) in [5.74, 6) is 0.802. The van der Waals surface area contributed by atoms with Gasteiger partial charge in [-0.25, -0.2) is 0 Å². The predicted molar refractivity (Wildman–Crippen MR) is 85.2 cm³/mol. The first-order valence-corrected chi connectivity index (χ1v) is 8.63. The number of carbonyl (C=O) groups excluding carboxylic acids is 1. The number of carbonyl (C=O) groups is 1. The van der Waals surface area contributed by atoms with E-state index in [1.807, 2.05) is 23.1 Å². The fraction of sp³-hybridized carbons (Fsp3) is 0.667. The smallest absolute Gasteiger partial charge is 0.252 e. The van der Waals surface area contributed by atoms with Crippen LogP contribution in [0.15, 0.2) is 24.4 Å². The molecule has 4 heteroatoms. The number of rotatable bonds is 5. The normalized spacial score (nSPS) is 22.6. The third-order valence-corrected chi connectivity index (χ3v) is 4.80. The highest BCUT2D eigenvalue weighted by Crippen LogP contribution is 2.26. The summed E-state index contributed by atoms with van der Waals surface area (Å²) in [4.78, 5) is 19.2. The van der Waals surface area contributed by atoms with Gasteiger partial charge in [-0.15, -0.1) is 0 Å². The van der Waals surface area contributed by atoms with Gasteiger partial charge in [0.15, 0.2) is 0 Å². The van der Waals surface area contributed by atoms with Crippen molar-refractivity contribution in [2.24, 2.45) is 5.92 Å². The van der Waals surface area contributed by atoms with Gasteiger partial charge in [0.25, 0.3) is 5.91 Å². The number of hydrogen-bond donors (Lipinski definition) is 0. The summed E-state index contributed by atoms with van der Waals surface area (Å²) < 4.78 is 5.61. The molecular formula is C18H26N2O2. The lowest BCUT2D eigenvalue weighted by molar-refractivity contribution is -0.142. The molecule has 22 heavy (non-hydrogen) atoms. The lowest BCUT2D eigenvalue weighted by atomic mass is 9.89. The predicted octanol–water partition coefficient (Wildman–Crippen LogP) is 3.17. The minimum Gasteiger partial charge on any atom is -0.368 e. The van der Waals surface area contributed by atoms with E-state index in [0.29, 0.717) is 12.5 Å². The van der Waals surface area contributed by atoms with Gasteiger partial charge < -0.3 is 9.64 Å². The monoisotopic (exact) mass is 302 g/mol. The van der Waals surface area contributed by atoms with Gasteiger partial charge in [-0.1, -0.05) is 25.3 Å². The summed E-state index contributed by atoms with van der Waals surface area (Å²) in [6.07, 6.45) is 9.87. The van der Waals surface area contributed by atoms with Crippen LogP contribution in [0.2, 0.25) is 0 Å². The van der Waals surface area contributed by atoms with Gasteiger partial charge in [0.2, 0.25) is 0 Å². The molecule has 4 nitrogen and oxygen atoms in total. The van der Waals surface area contributed by atoms with Gasteiger partial charge in [-0.3, -0.25) is 9.78 Å². The molecule has 1 aromatic rings. The Bertz CT molecular complexity index is 465. The molecule has 0 spiro atoms. The van der Waals surface area contributed by atoms with E-state index >= 15 is 0 Å². The van der Waals surface area contributed by atoms with Crippen molar-refractivity contribution in [3.05, 3.63) is 30.1 Å². The van der Waals surface area contributed by atoms with Crippen LogP contribution in [0.1, 0.15) is 50.6 Å². The van der Waals surface area contributed by atoms with E-state index < -0.39 is 0 Å². The van der Waals surface area contributed by atoms with Crippen molar-refractivity contribution in [2.45, 2.75) is 57.6 Å². The van der Waals surface area contributed by atoms with Gasteiger partial charge in [0, 0.05) is 19.3 Å². The third-order valence-electron chi connectivity index (χ3n) is 4.80. The molecule has 2 heterocycles. The van der Waals surface area contributed by atoms with Crippen LogP contribution in [-0.2, 0) is 16.1 Å². The fourth-order valence-electron chi connectivity index (χ4n) is 3.58. The summed E-state index contributed by atoms with van der Waals surface area (Å²) in [5.41, 5.74) is 0.963. The van der Waals surface area contributed by atoms with Crippen molar-refractivity contribution in [3.63, 3.8) is 0 Å². The molecule has 2 aliphatic rings. The molecule has 1 atom stereocenters. The van der Waals surface area contributed by atoms with E-state index in [1.54, 1.807) is 6.20 Å². The molecule has 1 amide bonds. The summed E-state index contributed by atoms with van der Waals surface area (Å²) in [7, 11) is 0. The van der Waals surface area contributed by atoms with Gasteiger partial charge in [0.05, 0.1) is 12.2 Å². The Morgan fingerprint density at radius 1 is 1.18 bits per heavy atom. The van der Waals surface area contributed by atoms with Crippen molar-refractivity contribution in [1.29, 1.82) is 0 Å². The van der Waals surface area contributed by atoms with Crippen LogP contribution in [0.25, 0.3) is 0 Å². The molecule has 1 saturated carbocycles. The molecule has 2 fully saturated rings. The molecule has 3 rings (SSSR count). The minimum absolute atomic E-state index is 0.161. The van der Waals surface area contributed by atoms with E-state index in [0.717, 1.165) is 31.7 Å². The molecule has 1 aliphatic carbocycles. The average molecular weight is 302 g/mol. The molecule has 1 aliphatic heterocycles. The topological polar surface area (TPSA) is 42.4 Å². The Morgan fingerprint density at radius 2 is 2.05 bits per heavy atom. The van der Waals surface area contributed by atoms with Crippen molar-refractivity contribution in [1.82, 2.24) is 9.88 Å². The standard InChI is InChI=1S/C18H26N2O2/c21-18(17-10-6-12-22-17)20(13-15-7-2-1-3-8-15)14-16-9-4-5-11-19-16/h4-5,9,11,15,17H,1-3,6-8,10,12-14H2. The highest BCUT2D eigenvalue weighted by molar-refractivity contribution is 5.81. The number of aromatic nitrogens is 1. The number of amides is 1. The largest absolute Gasteiger partial charge is 0.368 e. The average Bonchev–Trinajstić information content (AvgIpc) is 3.10. The summed E-state index contributed by atoms with van der Waals surface area (Å²) in [5, 5.41) is 0. The fourth-order valence-corrected chi connectivity index (χ4v) is 3.58. The second kappa shape index (κ2) is 7.73. The van der Waals surface area contributed by atoms with E-state index in [1.165, 1.54) is 32.1 Å². The molecule has 0 N–H and O–H groups in total. The van der Waals surface area contributed by atoms with Crippen LogP contribution in [0, 0.1) is 5.92 Å². The maximum Gasteiger partial charge on any atom is 0.252 e. The first-order valence-electron chi connectivity index (χ1n) is 8.63. The Morgan fingerprint density at radius 3 is 2.73 bits per heavy atom. The molecule has 1 aromatic heterocycles. The second-order valence-corrected chi connectivity index (χ2v) is 6.55. The molecular weight excluding hydrogens is 276 g/mol. The van der Waals surface area contributed by atoms with Crippen LogP contribution >= 0.6 is 0 Å². The van der Waals surface area contributed by atoms with Crippen LogP contribution in [0.4, 0.5) is 0 Å². The minimum atomic E-state index is -0.229. The SMILES string of the molecule is O=C(C1CCCO1)N(Cc1ccccn1)CC1CCCCC1. The first kappa shape index (κ1) is 15.5. The molecule has 0 bridgehead atoms. The van der Waals surface area contributed by atoms with Gasteiger partial charge in [0.1, 0.15) is 6.10 Å². The molecule has 0 radical (unpaired) electrons. The van der Waals surface area contributed by atoms with Crippen molar-refractivity contribution < 1.29 is 9.53 Å². The maximum atomic E-state index is 12.8. The Hall–Kier alpha value is -1.42. The molecule has 0 aromatic carbocycles. The lowest BCUT2D eigenvalue weighted by Crippen LogP contribution is -2.41. The third kappa shape index (κ3) is 4.07. The second-order valence-electron chi connectivity index (χ2n) is 6.55. The Labute approximate surface area is 132 Å². The zero-order valence-corrected chi connectivity index (χ0v) is 13.2. The highest BCUT2D eigenvalue weighted by atomic mass is 16.5. The quantitative estimate of drug-likeness (QED) is 0.839. The van der Waals surface area contributed by atoms with E-state index in [2.05, 4.69) is 4.98 Å². The van der Waals surface area contributed by atoms with Crippen molar-refractivity contribution >= 4 is 5.91 Å². The van der Waals surface area contributed by atoms with E-state index in [-0.39, 0.29) is 12.0 Å². The molecule has 120 valence electrons. The lowest BCUT2D eigenvalue weighted by Gasteiger charge is -2.31. The first-order chi connectivity index (χ1) is 10.8. The number of nitrogens with zero attached hydrogens (tertiary/aromatic N) is 2. The van der Waals surface area contributed by atoms with Crippen LogP contribution in [-0.4, -0.2) is 35.0 Å². The van der Waals surface area contributed by atoms with Gasteiger partial charge >= 0.3 is 0 Å². The van der Waals surface area contributed by atoms with E-state index in [4.69, 9.17) is 4.74 Å². The van der Waals surface area contributed by atoms with Gasteiger partial charge in [-0.2, -0.15) is 0 Å². The van der Waals surface area contributed by atoms with Crippen molar-refractivity contribution in [3.8, 4) is 0 Å². The Balaban J connectivity index is 1.67. The highest BCUT2D eigenvalue weighted by Gasteiger charge is 2.30. The van der Waals surface area contributed by atoms with Crippen LogP contribution < -0.4 is 0 Å². The summed E-state index contributed by atoms with van der Waals surface area (Å²) >= 11 is 0. The molecule has 1 saturated heterocycles. The van der Waals surface area contributed by atoms with Crippen LogP contribution in [0.3, 0.4) is 0 Å². The summed E-state index contributed by atoms with van der Waals surface area (Å²) in [6.45, 7) is 2.18. The summed E-state index contributed by atoms with van der Waals surface area (Å²) in [6, 6.07) is 5.89. The number of ether oxygens (including phenoxy) is 1. The molecule has 1 unspecified atom stereocenters. The van der Waals surface area contributed by atoms with Crippen molar-refractivity contribution in [2.75, 3.05) is 13.2 Å². The van der Waals surface area contributed by atoms with Crippen LogP contribution in [0.5, 0.6) is 0 Å². The van der Waals surface area contributed by atoms with Gasteiger partial charge in [-0.05, 0) is 43.7 Å².